The van der Waals surface area contributed by atoms with Gasteiger partial charge in [0.1, 0.15) is 0 Å². The first kappa shape index (κ1) is 21.4. The first-order chi connectivity index (χ1) is 18.8. The van der Waals surface area contributed by atoms with Gasteiger partial charge in [-0.1, -0.05) is 24.3 Å². The summed E-state index contributed by atoms with van der Waals surface area (Å²) in [6.45, 7) is 0. The zero-order chi connectivity index (χ0) is 25.1. The minimum absolute atomic E-state index is 0.243. The fourth-order valence-electron chi connectivity index (χ4n) is 5.21. The summed E-state index contributed by atoms with van der Waals surface area (Å²) >= 11 is 0.243. The van der Waals surface area contributed by atoms with E-state index in [0.29, 0.717) is 0 Å². The first-order valence-electron chi connectivity index (χ1n) is 12.4. The van der Waals surface area contributed by atoms with E-state index in [1.807, 2.05) is 53.3 Å². The van der Waals surface area contributed by atoms with E-state index < -0.39 is 0 Å². The molecule has 8 aromatic rings. The second kappa shape index (κ2) is 8.45. The van der Waals surface area contributed by atoms with Crippen LogP contribution in [0.25, 0.3) is 52.7 Å². The Hall–Kier alpha value is -4.64. The van der Waals surface area contributed by atoms with Crippen LogP contribution >= 0.6 is 0 Å². The zero-order valence-corrected chi connectivity index (χ0v) is 21.9. The largest absolute Gasteiger partial charge is 0.239 e. The van der Waals surface area contributed by atoms with Crippen molar-refractivity contribution in [3.8, 4) is 23.0 Å². The smallest absolute Gasteiger partial charge is 0.0292 e. The summed E-state index contributed by atoms with van der Waals surface area (Å²) in [6.07, 6.45) is 3.96. The molecule has 6 heteroatoms. The van der Waals surface area contributed by atoms with Crippen molar-refractivity contribution in [2.24, 2.45) is 0 Å². The molecule has 0 aliphatic heterocycles. The van der Waals surface area contributed by atoms with E-state index >= 15 is 0 Å². The maximum atomic E-state index is 6.40. The van der Waals surface area contributed by atoms with Crippen LogP contribution in [0, 0.1) is 0 Å². The average Bonchev–Trinajstić information content (AvgIpc) is 3.63. The molecule has 0 aliphatic carbocycles. The number of pyridine rings is 1. The normalized spacial score (nSPS) is 11.7. The second-order valence-corrected chi connectivity index (χ2v) is 11.4. The van der Waals surface area contributed by atoms with E-state index in [9.17, 15) is 0 Å². The molecule has 38 heavy (non-hydrogen) atoms. The Balaban J connectivity index is 1.19. The van der Waals surface area contributed by atoms with Gasteiger partial charge in [0.05, 0.1) is 0 Å². The van der Waals surface area contributed by atoms with Gasteiger partial charge >= 0.3 is 171 Å². The van der Waals surface area contributed by atoms with E-state index in [0.717, 1.165) is 34.0 Å². The molecule has 0 saturated carbocycles. The molecule has 0 fully saturated rings. The molecule has 0 amide bonds. The van der Waals surface area contributed by atoms with Crippen molar-refractivity contribution in [3.63, 3.8) is 0 Å². The summed E-state index contributed by atoms with van der Waals surface area (Å²) in [7, 11) is 0. The van der Waals surface area contributed by atoms with Crippen LogP contribution in [0.4, 0.5) is 0 Å². The Morgan fingerprint density at radius 1 is 0.632 bits per heavy atom. The summed E-state index contributed by atoms with van der Waals surface area (Å²) < 4.78 is 13.1. The van der Waals surface area contributed by atoms with Gasteiger partial charge < -0.3 is 0 Å². The van der Waals surface area contributed by atoms with Gasteiger partial charge in [0.15, 0.2) is 0 Å². The number of fused-ring (bicyclic) bond motifs is 6. The van der Waals surface area contributed by atoms with E-state index in [1.54, 1.807) is 0 Å². The van der Waals surface area contributed by atoms with Crippen LogP contribution in [0.3, 0.4) is 0 Å². The molecule has 0 unspecified atom stereocenters. The molecule has 0 N–H and O–H groups in total. The molecule has 0 radical (unpaired) electrons. The minimum Gasteiger partial charge on any atom is -0.239 e. The summed E-state index contributed by atoms with van der Waals surface area (Å²) in [5.74, 6) is 2.42. The van der Waals surface area contributed by atoms with Crippen LogP contribution in [0.2, 0.25) is 0 Å². The van der Waals surface area contributed by atoms with Crippen LogP contribution in [0.1, 0.15) is 0 Å². The monoisotopic (exact) mass is 556 g/mol. The number of aromatic nitrogens is 4. The van der Waals surface area contributed by atoms with Crippen molar-refractivity contribution >= 4 is 55.7 Å². The summed E-state index contributed by atoms with van der Waals surface area (Å²) in [6, 6.07) is 37.4. The average molecular weight is 555 g/mol. The van der Waals surface area contributed by atoms with Crippen molar-refractivity contribution in [2.45, 2.75) is 0 Å². The first-order valence-corrected chi connectivity index (χ1v) is 14.1. The minimum atomic E-state index is 0.243. The Morgan fingerprint density at radius 2 is 1.45 bits per heavy atom. The third kappa shape index (κ3) is 3.39. The van der Waals surface area contributed by atoms with Crippen molar-refractivity contribution in [1.82, 2.24) is 19.3 Å². The van der Waals surface area contributed by atoms with E-state index in [-0.39, 0.29) is 14.5 Å². The molecular weight excluding hydrogens is 535 g/mol. The Labute approximate surface area is 223 Å². The van der Waals surface area contributed by atoms with Crippen LogP contribution in [0.15, 0.2) is 122 Å². The van der Waals surface area contributed by atoms with Crippen LogP contribution < -0.4 is 4.74 Å². The van der Waals surface area contributed by atoms with E-state index in [4.69, 9.17) is 9.84 Å². The molecule has 180 valence electrons. The van der Waals surface area contributed by atoms with Crippen molar-refractivity contribution in [2.75, 3.05) is 0 Å². The van der Waals surface area contributed by atoms with Gasteiger partial charge in [0.2, 0.25) is 0 Å². The molecule has 8 rings (SSSR count). The molecule has 4 aromatic carbocycles. The van der Waals surface area contributed by atoms with Gasteiger partial charge in [-0.25, -0.2) is 4.98 Å². The molecule has 0 saturated heterocycles. The SMILES string of the molecule is c1ccc(-n2c3ccccc3c3ccc(Oc4cccc(-n5cc6c(n5)[se]c5ccccc56)c4)cc32)nc1. The van der Waals surface area contributed by atoms with Crippen molar-refractivity contribution < 1.29 is 4.74 Å². The third-order valence-electron chi connectivity index (χ3n) is 6.91. The van der Waals surface area contributed by atoms with E-state index in [1.165, 1.54) is 30.2 Å². The number of nitrogens with zero attached hydrogens (tertiary/aromatic N) is 4. The Kier molecular flexibility index (Phi) is 4.77. The van der Waals surface area contributed by atoms with Crippen LogP contribution in [-0.2, 0) is 0 Å². The second-order valence-electron chi connectivity index (χ2n) is 9.21. The zero-order valence-electron chi connectivity index (χ0n) is 20.2. The van der Waals surface area contributed by atoms with Crippen LogP contribution in [0.5, 0.6) is 11.5 Å². The predicted octanol–water partition coefficient (Wildman–Crippen LogP) is 7.52. The van der Waals surface area contributed by atoms with Gasteiger partial charge in [0, 0.05) is 6.20 Å². The van der Waals surface area contributed by atoms with Gasteiger partial charge in [-0.3, -0.25) is 0 Å². The number of hydrogen-bond donors (Lipinski definition) is 0. The van der Waals surface area contributed by atoms with Gasteiger partial charge in [-0.05, 0) is 18.2 Å². The summed E-state index contributed by atoms with van der Waals surface area (Å²) in [5, 5.41) is 9.81. The summed E-state index contributed by atoms with van der Waals surface area (Å²) in [5.41, 5.74) is 3.16. The predicted molar refractivity (Wildman–Crippen MR) is 154 cm³/mol. The fraction of sp³-hybridized carbons (Fsp3) is 0. The Morgan fingerprint density at radius 3 is 2.37 bits per heavy atom. The molecule has 0 bridgehead atoms. The number of hydrogen-bond acceptors (Lipinski definition) is 3. The quantitative estimate of drug-likeness (QED) is 0.211. The number of ether oxygens (including phenoxy) is 1. The molecule has 4 heterocycles. The van der Waals surface area contributed by atoms with Crippen molar-refractivity contribution in [3.05, 3.63) is 122 Å². The number of rotatable bonds is 4. The molecular formula is C32H20N4OSe. The maximum Gasteiger partial charge on any atom is 0.0292 e. The fourth-order valence-corrected chi connectivity index (χ4v) is 7.40. The van der Waals surface area contributed by atoms with Crippen molar-refractivity contribution in [1.29, 1.82) is 0 Å². The molecule has 0 spiro atoms. The molecule has 5 nitrogen and oxygen atoms in total. The molecule has 0 aliphatic rings. The van der Waals surface area contributed by atoms with Gasteiger partial charge in [0.25, 0.3) is 0 Å². The standard InChI is InChI=1S/C32H20N4OSe/c1-3-12-28-24(10-1)25-16-15-23(19-29(25)36(28)31-14-5-6-17-33-31)37-22-9-7-8-21(18-22)35-20-27-26-11-2-4-13-30(26)38-32(27)34-35/h1-20H. The summed E-state index contributed by atoms with van der Waals surface area (Å²) in [4.78, 5) is 4.63. The topological polar surface area (TPSA) is 44.9 Å². The van der Waals surface area contributed by atoms with Crippen LogP contribution in [-0.4, -0.2) is 33.8 Å². The van der Waals surface area contributed by atoms with E-state index in [2.05, 4.69) is 82.5 Å². The molecule has 0 atom stereocenters. The third-order valence-corrected chi connectivity index (χ3v) is 9.15. The number of para-hydroxylation sites is 1. The number of benzene rings is 4. The van der Waals surface area contributed by atoms with Gasteiger partial charge in [-0.15, -0.1) is 0 Å². The Bertz CT molecular complexity index is 2120. The maximum absolute atomic E-state index is 6.40. The molecule has 4 aromatic heterocycles. The van der Waals surface area contributed by atoms with Gasteiger partial charge in [-0.2, -0.15) is 0 Å².